The second-order valence-electron chi connectivity index (χ2n) is 4.42. The quantitative estimate of drug-likeness (QED) is 0.508. The van der Waals surface area contributed by atoms with Gasteiger partial charge in [0.25, 0.3) is 5.56 Å². The lowest BCUT2D eigenvalue weighted by molar-refractivity contribution is -0.0241. The standard InChI is InChI=1S/C11H13N3O5/c15-4-6-7(16)8(17)9(19-6)5-3-13-10-11(18)12-1-2-14(5)10/h1-3,6-9,15-17H,4H2,(H,12,18)/t6-,7-,8-,9+/m1/s1. The number of aliphatic hydroxyl groups excluding tert-OH is 3. The fourth-order valence-corrected chi connectivity index (χ4v) is 2.31. The highest BCUT2D eigenvalue weighted by atomic mass is 16.6. The van der Waals surface area contributed by atoms with Gasteiger partial charge in [-0.2, -0.15) is 0 Å². The van der Waals surface area contributed by atoms with E-state index in [0.717, 1.165) is 0 Å². The Balaban J connectivity index is 2.06. The van der Waals surface area contributed by atoms with Crippen LogP contribution >= 0.6 is 0 Å². The zero-order valence-electron chi connectivity index (χ0n) is 9.80. The minimum Gasteiger partial charge on any atom is -0.394 e. The summed E-state index contributed by atoms with van der Waals surface area (Å²) in [6.45, 7) is -0.397. The predicted octanol–water partition coefficient (Wildman–Crippen LogP) is -1.82. The van der Waals surface area contributed by atoms with Gasteiger partial charge in [0.2, 0.25) is 5.65 Å². The van der Waals surface area contributed by atoms with Crippen molar-refractivity contribution in [1.29, 1.82) is 0 Å². The minimum atomic E-state index is -1.18. The number of nitrogens with zero attached hydrogens (tertiary/aromatic N) is 2. The first kappa shape index (κ1) is 12.3. The maximum Gasteiger partial charge on any atom is 0.291 e. The second kappa shape index (κ2) is 4.42. The summed E-state index contributed by atoms with van der Waals surface area (Å²) in [5.74, 6) is 0. The van der Waals surface area contributed by atoms with Crippen molar-refractivity contribution in [3.05, 3.63) is 34.6 Å². The number of fused-ring (bicyclic) bond motifs is 1. The number of H-pyrrole nitrogens is 1. The van der Waals surface area contributed by atoms with Crippen molar-refractivity contribution in [3.8, 4) is 0 Å². The zero-order chi connectivity index (χ0) is 13.6. The van der Waals surface area contributed by atoms with Crippen molar-refractivity contribution in [2.75, 3.05) is 6.61 Å². The second-order valence-corrected chi connectivity index (χ2v) is 4.42. The number of aromatic amines is 1. The van der Waals surface area contributed by atoms with Crippen molar-refractivity contribution in [3.63, 3.8) is 0 Å². The number of ether oxygens (including phenoxy) is 1. The van der Waals surface area contributed by atoms with Gasteiger partial charge in [0.15, 0.2) is 0 Å². The van der Waals surface area contributed by atoms with E-state index in [4.69, 9.17) is 9.84 Å². The average molecular weight is 267 g/mol. The summed E-state index contributed by atoms with van der Waals surface area (Å²) in [7, 11) is 0. The van der Waals surface area contributed by atoms with Crippen LogP contribution in [0.15, 0.2) is 23.4 Å². The molecular weight excluding hydrogens is 254 g/mol. The van der Waals surface area contributed by atoms with Gasteiger partial charge in [0.05, 0.1) is 18.5 Å². The van der Waals surface area contributed by atoms with E-state index in [9.17, 15) is 15.0 Å². The largest absolute Gasteiger partial charge is 0.394 e. The Labute approximate surface area is 106 Å². The summed E-state index contributed by atoms with van der Waals surface area (Å²) in [4.78, 5) is 18.0. The molecule has 3 rings (SSSR count). The van der Waals surface area contributed by atoms with Gasteiger partial charge in [0.1, 0.15) is 24.4 Å². The van der Waals surface area contributed by atoms with Gasteiger partial charge in [-0.1, -0.05) is 0 Å². The van der Waals surface area contributed by atoms with Crippen LogP contribution in [0.25, 0.3) is 5.65 Å². The maximum atomic E-state index is 11.5. The number of rotatable bonds is 2. The Morgan fingerprint density at radius 3 is 2.89 bits per heavy atom. The average Bonchev–Trinajstić information content (AvgIpc) is 2.94. The van der Waals surface area contributed by atoms with Gasteiger partial charge in [-0.25, -0.2) is 4.98 Å². The molecular formula is C11H13N3O5. The third-order valence-electron chi connectivity index (χ3n) is 3.30. The van der Waals surface area contributed by atoms with Crippen LogP contribution in [0.5, 0.6) is 0 Å². The molecule has 102 valence electrons. The Hall–Kier alpha value is -1.74. The molecule has 0 radical (unpaired) electrons. The molecule has 1 aliphatic heterocycles. The van der Waals surface area contributed by atoms with Crippen LogP contribution in [-0.2, 0) is 4.74 Å². The Morgan fingerprint density at radius 2 is 2.21 bits per heavy atom. The molecule has 1 aliphatic rings. The molecule has 3 heterocycles. The molecule has 8 nitrogen and oxygen atoms in total. The van der Waals surface area contributed by atoms with Crippen LogP contribution in [0.1, 0.15) is 11.8 Å². The lowest BCUT2D eigenvalue weighted by Gasteiger charge is -2.13. The van der Waals surface area contributed by atoms with Crippen molar-refractivity contribution in [1.82, 2.24) is 14.4 Å². The summed E-state index contributed by atoms with van der Waals surface area (Å²) in [6.07, 6.45) is 0.371. The third kappa shape index (κ3) is 1.77. The molecule has 4 N–H and O–H groups in total. The van der Waals surface area contributed by atoms with Gasteiger partial charge in [-0.05, 0) is 0 Å². The summed E-state index contributed by atoms with van der Waals surface area (Å²) in [5.41, 5.74) is 0.263. The van der Waals surface area contributed by atoms with E-state index in [1.54, 1.807) is 6.20 Å². The topological polar surface area (TPSA) is 120 Å². The summed E-state index contributed by atoms with van der Waals surface area (Å²) >= 11 is 0. The highest BCUT2D eigenvalue weighted by Crippen LogP contribution is 2.33. The van der Waals surface area contributed by atoms with Crippen LogP contribution in [0.4, 0.5) is 0 Å². The van der Waals surface area contributed by atoms with E-state index >= 15 is 0 Å². The molecule has 0 aliphatic carbocycles. The molecule has 0 unspecified atom stereocenters. The molecule has 0 aromatic carbocycles. The van der Waals surface area contributed by atoms with E-state index in [1.807, 2.05) is 0 Å². The first-order valence-electron chi connectivity index (χ1n) is 5.80. The van der Waals surface area contributed by atoms with E-state index in [0.29, 0.717) is 5.69 Å². The molecule has 1 fully saturated rings. The zero-order valence-corrected chi connectivity index (χ0v) is 9.80. The first-order valence-corrected chi connectivity index (χ1v) is 5.80. The van der Waals surface area contributed by atoms with Crippen molar-refractivity contribution in [2.24, 2.45) is 0 Å². The molecule has 1 saturated heterocycles. The van der Waals surface area contributed by atoms with E-state index < -0.39 is 31.0 Å². The highest BCUT2D eigenvalue weighted by molar-refractivity contribution is 5.38. The van der Waals surface area contributed by atoms with Crippen LogP contribution in [-0.4, -0.2) is 54.6 Å². The molecule has 19 heavy (non-hydrogen) atoms. The summed E-state index contributed by atoms with van der Waals surface area (Å²) in [5, 5.41) is 28.7. The Bertz CT molecular complexity index is 651. The van der Waals surface area contributed by atoms with Crippen LogP contribution < -0.4 is 5.56 Å². The smallest absolute Gasteiger partial charge is 0.291 e. The minimum absolute atomic E-state index is 0.176. The predicted molar refractivity (Wildman–Crippen MR) is 62.5 cm³/mol. The number of aliphatic hydroxyl groups is 3. The molecule has 0 spiro atoms. The van der Waals surface area contributed by atoms with Crippen molar-refractivity contribution < 1.29 is 20.1 Å². The fraction of sp³-hybridized carbons (Fsp3) is 0.455. The highest BCUT2D eigenvalue weighted by Gasteiger charge is 2.44. The normalized spacial score (nSPS) is 31.1. The molecule has 0 saturated carbocycles. The SMILES string of the molecule is O=c1[nH]ccn2c([C@@H]3O[C@H](CO)[C@@H](O)[C@H]3O)cnc12. The van der Waals surface area contributed by atoms with E-state index in [2.05, 4.69) is 9.97 Å². The number of hydrogen-bond donors (Lipinski definition) is 4. The number of hydrogen-bond acceptors (Lipinski definition) is 6. The van der Waals surface area contributed by atoms with Gasteiger partial charge in [-0.3, -0.25) is 9.20 Å². The summed E-state index contributed by atoms with van der Waals surface area (Å²) in [6, 6.07) is 0. The Kier molecular flexibility index (Phi) is 2.86. The number of aromatic nitrogens is 3. The van der Waals surface area contributed by atoms with Crippen molar-refractivity contribution in [2.45, 2.75) is 24.4 Å². The lowest BCUT2D eigenvalue weighted by Crippen LogP contribution is -2.32. The third-order valence-corrected chi connectivity index (χ3v) is 3.30. The van der Waals surface area contributed by atoms with Gasteiger partial charge in [0, 0.05) is 12.4 Å². The Morgan fingerprint density at radius 1 is 1.42 bits per heavy atom. The molecule has 4 atom stereocenters. The lowest BCUT2D eigenvalue weighted by atomic mass is 10.1. The molecule has 0 bridgehead atoms. The first-order chi connectivity index (χ1) is 9.13. The van der Waals surface area contributed by atoms with Crippen LogP contribution in [0.3, 0.4) is 0 Å². The number of imidazole rings is 1. The van der Waals surface area contributed by atoms with Crippen LogP contribution in [0, 0.1) is 0 Å². The van der Waals surface area contributed by atoms with E-state index in [1.165, 1.54) is 16.8 Å². The monoisotopic (exact) mass is 267 g/mol. The van der Waals surface area contributed by atoms with Crippen LogP contribution in [0.2, 0.25) is 0 Å². The summed E-state index contributed by atoms with van der Waals surface area (Å²) < 4.78 is 6.89. The van der Waals surface area contributed by atoms with Crippen molar-refractivity contribution >= 4 is 5.65 Å². The molecule has 0 amide bonds. The van der Waals surface area contributed by atoms with E-state index in [-0.39, 0.29) is 11.2 Å². The maximum absolute atomic E-state index is 11.5. The molecule has 2 aromatic heterocycles. The van der Waals surface area contributed by atoms with Gasteiger partial charge in [-0.15, -0.1) is 0 Å². The van der Waals surface area contributed by atoms with Gasteiger partial charge >= 0.3 is 0 Å². The van der Waals surface area contributed by atoms with Gasteiger partial charge < -0.3 is 25.0 Å². The number of nitrogens with one attached hydrogen (secondary N) is 1. The molecule has 8 heteroatoms. The molecule has 2 aromatic rings. The fourth-order valence-electron chi connectivity index (χ4n) is 2.31.